The van der Waals surface area contributed by atoms with Crippen molar-refractivity contribution >= 4 is 34.7 Å². The first-order valence-corrected chi connectivity index (χ1v) is 15.9. The highest BCUT2D eigenvalue weighted by atomic mass is 35.5. The molecule has 5 aliphatic heterocycles. The van der Waals surface area contributed by atoms with Crippen LogP contribution in [0.2, 0.25) is 5.02 Å². The Balaban J connectivity index is 1.19. The number of amides is 1. The standard InChI is InChI=1S/C30H36ClF2N7O3/c31-20-12-21-18(14-34-37-21)25(23(20)19-13-30(19,32)33)40-15-22-24(27(40)42)26(38-8-1-4-17(41)5-11-38)36-28(35-22)43-16-29-6-2-9-39(29)10-3-7-29/h12,17,19,34,37,41H,1-11,13-16H2. The molecule has 1 aromatic heterocycles. The third-order valence-corrected chi connectivity index (χ3v) is 10.6. The predicted octanol–water partition coefficient (Wildman–Crippen LogP) is 4.20. The molecule has 3 N–H and O–H groups in total. The van der Waals surface area contributed by atoms with Gasteiger partial charge in [0.2, 0.25) is 0 Å². The first-order valence-electron chi connectivity index (χ1n) is 15.5. The lowest BCUT2D eigenvalue weighted by Crippen LogP contribution is -2.43. The summed E-state index contributed by atoms with van der Waals surface area (Å²) in [6.07, 6.45) is 5.75. The van der Waals surface area contributed by atoms with E-state index in [1.165, 1.54) is 0 Å². The van der Waals surface area contributed by atoms with Crippen LogP contribution in [0, 0.1) is 0 Å². The number of benzene rings is 1. The Morgan fingerprint density at radius 1 is 1.12 bits per heavy atom. The van der Waals surface area contributed by atoms with Gasteiger partial charge in [0.15, 0.2) is 0 Å². The van der Waals surface area contributed by atoms with E-state index in [4.69, 9.17) is 26.3 Å². The molecule has 4 fully saturated rings. The minimum absolute atomic E-state index is 0.00282. The van der Waals surface area contributed by atoms with Gasteiger partial charge in [-0.25, -0.2) is 14.2 Å². The number of hydrogen-bond donors (Lipinski definition) is 3. The zero-order chi connectivity index (χ0) is 29.5. The molecule has 2 aromatic rings. The summed E-state index contributed by atoms with van der Waals surface area (Å²) in [4.78, 5) is 30.1. The minimum atomic E-state index is -2.87. The average Bonchev–Trinajstić information content (AvgIpc) is 3.43. The molecule has 43 heavy (non-hydrogen) atoms. The summed E-state index contributed by atoms with van der Waals surface area (Å²) in [6.45, 7) is 4.28. The molecule has 6 heterocycles. The number of aliphatic hydroxyl groups is 1. The maximum atomic E-state index is 14.5. The number of ether oxygens (including phenoxy) is 1. The van der Waals surface area contributed by atoms with Crippen LogP contribution in [0.25, 0.3) is 0 Å². The Morgan fingerprint density at radius 3 is 2.67 bits per heavy atom. The number of hydrazine groups is 1. The number of halogens is 3. The Bertz CT molecular complexity index is 1480. The van der Waals surface area contributed by atoms with Crippen LogP contribution in [0.4, 0.5) is 26.0 Å². The summed E-state index contributed by atoms with van der Waals surface area (Å²) in [6, 6.07) is 1.89. The summed E-state index contributed by atoms with van der Waals surface area (Å²) in [7, 11) is 0. The SMILES string of the molecule is O=C1c2c(nc(OCC34CCCN3CCC4)nc2N2CCCC(O)CC2)CN1c1c2c(cc(Cl)c1C1CC1(F)F)NNC2. The number of nitrogens with zero attached hydrogens (tertiary/aromatic N) is 5. The lowest BCUT2D eigenvalue weighted by Gasteiger charge is -2.31. The van der Waals surface area contributed by atoms with E-state index in [1.807, 2.05) is 4.90 Å². The molecule has 8 rings (SSSR count). The van der Waals surface area contributed by atoms with E-state index in [1.54, 1.807) is 11.0 Å². The van der Waals surface area contributed by atoms with Crippen LogP contribution in [0.3, 0.4) is 0 Å². The molecule has 230 valence electrons. The van der Waals surface area contributed by atoms with Crippen LogP contribution >= 0.6 is 11.6 Å². The second-order valence-electron chi connectivity index (χ2n) is 13.0. The topological polar surface area (TPSA) is 106 Å². The maximum absolute atomic E-state index is 14.5. The third kappa shape index (κ3) is 4.55. The van der Waals surface area contributed by atoms with E-state index >= 15 is 0 Å². The highest BCUT2D eigenvalue weighted by Crippen LogP contribution is 2.61. The van der Waals surface area contributed by atoms with Crippen LogP contribution in [0.15, 0.2) is 6.07 Å². The summed E-state index contributed by atoms with van der Waals surface area (Å²) < 4.78 is 35.4. The summed E-state index contributed by atoms with van der Waals surface area (Å²) in [5, 5.41) is 10.5. The number of hydrogen-bond acceptors (Lipinski definition) is 9. The van der Waals surface area contributed by atoms with Gasteiger partial charge in [-0.2, -0.15) is 9.97 Å². The molecule has 1 amide bonds. The predicted molar refractivity (Wildman–Crippen MR) is 157 cm³/mol. The van der Waals surface area contributed by atoms with Crippen molar-refractivity contribution in [3.8, 4) is 6.01 Å². The Hall–Kier alpha value is -2.80. The lowest BCUT2D eigenvalue weighted by molar-refractivity contribution is 0.0992. The van der Waals surface area contributed by atoms with E-state index in [2.05, 4.69) is 15.8 Å². The van der Waals surface area contributed by atoms with Crippen LogP contribution in [0.1, 0.15) is 84.5 Å². The molecule has 1 aromatic carbocycles. The molecular formula is C30H36ClF2N7O3. The molecule has 3 saturated heterocycles. The van der Waals surface area contributed by atoms with Gasteiger partial charge in [-0.05, 0) is 64.1 Å². The van der Waals surface area contributed by atoms with Crippen LogP contribution in [0.5, 0.6) is 6.01 Å². The summed E-state index contributed by atoms with van der Waals surface area (Å²) in [5.41, 5.74) is 9.12. The molecule has 0 spiro atoms. The molecule has 10 nitrogen and oxygen atoms in total. The van der Waals surface area contributed by atoms with Gasteiger partial charge in [-0.15, -0.1) is 0 Å². The number of rotatable bonds is 6. The van der Waals surface area contributed by atoms with E-state index in [0.29, 0.717) is 73.1 Å². The van der Waals surface area contributed by atoms with Crippen molar-refractivity contribution in [2.75, 3.05) is 48.0 Å². The molecule has 6 aliphatic rings. The molecule has 2 atom stereocenters. The smallest absolute Gasteiger partial charge is 0.318 e. The van der Waals surface area contributed by atoms with Crippen LogP contribution in [-0.2, 0) is 13.1 Å². The normalized spacial score (nSPS) is 27.1. The van der Waals surface area contributed by atoms with Crippen molar-refractivity contribution in [3.63, 3.8) is 0 Å². The highest BCUT2D eigenvalue weighted by Gasteiger charge is 2.60. The van der Waals surface area contributed by atoms with Crippen molar-refractivity contribution in [2.45, 2.75) is 87.9 Å². The monoisotopic (exact) mass is 615 g/mol. The van der Waals surface area contributed by atoms with Crippen molar-refractivity contribution < 1.29 is 23.4 Å². The third-order valence-electron chi connectivity index (χ3n) is 10.3. The Kier molecular flexibility index (Phi) is 6.52. The zero-order valence-corrected chi connectivity index (χ0v) is 24.7. The van der Waals surface area contributed by atoms with Crippen molar-refractivity contribution in [2.24, 2.45) is 0 Å². The van der Waals surface area contributed by atoms with Crippen LogP contribution < -0.4 is 25.4 Å². The number of carbonyl (C=O) groups is 1. The number of aliphatic hydroxyl groups excluding tert-OH is 1. The first kappa shape index (κ1) is 27.7. The fourth-order valence-electron chi connectivity index (χ4n) is 7.97. The van der Waals surface area contributed by atoms with Gasteiger partial charge in [-0.1, -0.05) is 11.6 Å². The lowest BCUT2D eigenvalue weighted by atomic mass is 9.95. The molecule has 0 radical (unpaired) electrons. The second kappa shape index (κ2) is 10.1. The van der Waals surface area contributed by atoms with Crippen molar-refractivity contribution in [3.05, 3.63) is 33.5 Å². The van der Waals surface area contributed by atoms with E-state index in [0.717, 1.165) is 50.8 Å². The highest BCUT2D eigenvalue weighted by molar-refractivity contribution is 6.32. The summed E-state index contributed by atoms with van der Waals surface area (Å²) >= 11 is 6.65. The number of alkyl halides is 2. The van der Waals surface area contributed by atoms with Crippen molar-refractivity contribution in [1.82, 2.24) is 20.3 Å². The Morgan fingerprint density at radius 2 is 1.91 bits per heavy atom. The van der Waals surface area contributed by atoms with Crippen molar-refractivity contribution in [1.29, 1.82) is 0 Å². The summed E-state index contributed by atoms with van der Waals surface area (Å²) in [5.74, 6) is -3.76. The van der Waals surface area contributed by atoms with E-state index in [-0.39, 0.29) is 35.4 Å². The second-order valence-corrected chi connectivity index (χ2v) is 13.4. The molecule has 1 aliphatic carbocycles. The number of nitrogens with one attached hydrogen (secondary N) is 2. The molecule has 0 bridgehead atoms. The molecule has 13 heteroatoms. The van der Waals surface area contributed by atoms with E-state index in [9.17, 15) is 18.7 Å². The zero-order valence-electron chi connectivity index (χ0n) is 24.0. The minimum Gasteiger partial charge on any atom is -0.461 e. The van der Waals surface area contributed by atoms with Crippen LogP contribution in [-0.4, -0.2) is 76.2 Å². The number of carbonyl (C=O) groups excluding carboxylic acids is 1. The number of anilines is 3. The van der Waals surface area contributed by atoms with Gasteiger partial charge < -0.3 is 25.1 Å². The maximum Gasteiger partial charge on any atom is 0.318 e. The van der Waals surface area contributed by atoms with Gasteiger partial charge in [0.1, 0.15) is 18.0 Å². The fraction of sp³-hybridized carbons (Fsp3) is 0.633. The average molecular weight is 616 g/mol. The first-order chi connectivity index (χ1) is 20.7. The Labute approximate surface area is 253 Å². The van der Waals surface area contributed by atoms with Gasteiger partial charge in [0, 0.05) is 42.2 Å². The molecule has 2 unspecified atom stereocenters. The number of fused-ring (bicyclic) bond motifs is 3. The van der Waals surface area contributed by atoms with E-state index < -0.39 is 17.9 Å². The quantitative estimate of drug-likeness (QED) is 0.441. The fourth-order valence-corrected chi connectivity index (χ4v) is 8.30. The van der Waals surface area contributed by atoms with Gasteiger partial charge in [-0.3, -0.25) is 9.69 Å². The number of aromatic nitrogens is 2. The molecular weight excluding hydrogens is 580 g/mol. The largest absolute Gasteiger partial charge is 0.461 e. The van der Waals surface area contributed by atoms with Gasteiger partial charge in [0.25, 0.3) is 11.8 Å². The molecule has 1 saturated carbocycles. The van der Waals surface area contributed by atoms with Gasteiger partial charge in [0.05, 0.1) is 41.2 Å². The van der Waals surface area contributed by atoms with Gasteiger partial charge >= 0.3 is 6.01 Å².